The standard InChI is InChI=1S/C15H22N2O3/c16-14(15(19)20)7-3-1-2-6-13(18)9-8-12-5-4-10-17-11-12/h4-5,10-11,14H,1-3,6-9,16H2,(H,19,20)/t14-/m0/s1. The van der Waals surface area contributed by atoms with Gasteiger partial charge in [-0.15, -0.1) is 0 Å². The van der Waals surface area contributed by atoms with Crippen LogP contribution in [0.15, 0.2) is 24.5 Å². The van der Waals surface area contributed by atoms with Gasteiger partial charge < -0.3 is 10.8 Å². The third kappa shape index (κ3) is 6.99. The average molecular weight is 278 g/mol. The molecule has 0 saturated carbocycles. The molecule has 0 bridgehead atoms. The summed E-state index contributed by atoms with van der Waals surface area (Å²) in [6.07, 6.45) is 8.20. The van der Waals surface area contributed by atoms with Crippen molar-refractivity contribution in [3.8, 4) is 0 Å². The number of nitrogens with zero attached hydrogens (tertiary/aromatic N) is 1. The molecular formula is C15H22N2O3. The van der Waals surface area contributed by atoms with Gasteiger partial charge in [-0.25, -0.2) is 0 Å². The number of rotatable bonds is 10. The van der Waals surface area contributed by atoms with Crippen molar-refractivity contribution in [2.45, 2.75) is 51.0 Å². The number of carbonyl (C=O) groups is 2. The van der Waals surface area contributed by atoms with Crippen molar-refractivity contribution < 1.29 is 14.7 Å². The molecule has 1 atom stereocenters. The predicted octanol–water partition coefficient (Wildman–Crippen LogP) is 1.95. The molecule has 1 heterocycles. The zero-order valence-electron chi connectivity index (χ0n) is 11.6. The fourth-order valence-electron chi connectivity index (χ4n) is 1.94. The Kier molecular flexibility index (Phi) is 7.50. The molecule has 0 spiro atoms. The van der Waals surface area contributed by atoms with Gasteiger partial charge in [0.2, 0.25) is 0 Å². The van der Waals surface area contributed by atoms with Gasteiger partial charge in [0.05, 0.1) is 0 Å². The summed E-state index contributed by atoms with van der Waals surface area (Å²) in [5.74, 6) is -0.714. The number of ketones is 1. The molecule has 1 aromatic heterocycles. The molecule has 0 aliphatic rings. The van der Waals surface area contributed by atoms with Crippen molar-refractivity contribution in [2.24, 2.45) is 5.73 Å². The first kappa shape index (κ1) is 16.3. The van der Waals surface area contributed by atoms with Gasteiger partial charge in [0.15, 0.2) is 0 Å². The Morgan fingerprint density at radius 1 is 1.25 bits per heavy atom. The molecule has 0 saturated heterocycles. The molecule has 0 amide bonds. The van der Waals surface area contributed by atoms with Crippen LogP contribution in [0.4, 0.5) is 0 Å². The maximum absolute atomic E-state index is 11.7. The van der Waals surface area contributed by atoms with Crippen molar-refractivity contribution in [1.82, 2.24) is 4.98 Å². The fourth-order valence-corrected chi connectivity index (χ4v) is 1.94. The van der Waals surface area contributed by atoms with Crippen molar-refractivity contribution in [1.29, 1.82) is 0 Å². The molecule has 5 heteroatoms. The molecule has 3 N–H and O–H groups in total. The normalized spacial score (nSPS) is 12.1. The number of pyridine rings is 1. The number of carboxylic acid groups (broad SMARTS) is 1. The number of aryl methyl sites for hydroxylation is 1. The SMILES string of the molecule is N[C@@H](CCCCCC(=O)CCc1cccnc1)C(=O)O. The summed E-state index contributed by atoms with van der Waals surface area (Å²) < 4.78 is 0. The largest absolute Gasteiger partial charge is 0.480 e. The number of aromatic nitrogens is 1. The van der Waals surface area contributed by atoms with Crippen LogP contribution in [0.1, 0.15) is 44.1 Å². The van der Waals surface area contributed by atoms with Crippen LogP contribution < -0.4 is 5.73 Å². The highest BCUT2D eigenvalue weighted by molar-refractivity contribution is 5.78. The number of hydrogen-bond donors (Lipinski definition) is 2. The van der Waals surface area contributed by atoms with Crippen LogP contribution >= 0.6 is 0 Å². The van der Waals surface area contributed by atoms with E-state index in [4.69, 9.17) is 10.8 Å². The van der Waals surface area contributed by atoms with Gasteiger partial charge in [-0.1, -0.05) is 18.9 Å². The molecule has 0 radical (unpaired) electrons. The van der Waals surface area contributed by atoms with E-state index in [9.17, 15) is 9.59 Å². The maximum Gasteiger partial charge on any atom is 0.320 e. The lowest BCUT2D eigenvalue weighted by Crippen LogP contribution is -2.29. The molecule has 1 rings (SSSR count). The Bertz CT molecular complexity index is 420. The van der Waals surface area contributed by atoms with Gasteiger partial charge in [-0.05, 0) is 30.9 Å². The lowest BCUT2D eigenvalue weighted by molar-refractivity contribution is -0.138. The number of carboxylic acids is 1. The van der Waals surface area contributed by atoms with E-state index in [-0.39, 0.29) is 5.78 Å². The molecule has 110 valence electrons. The quantitative estimate of drug-likeness (QED) is 0.638. The molecule has 5 nitrogen and oxygen atoms in total. The highest BCUT2D eigenvalue weighted by atomic mass is 16.4. The Morgan fingerprint density at radius 3 is 2.70 bits per heavy atom. The van der Waals surface area contributed by atoms with Gasteiger partial charge in [0.1, 0.15) is 11.8 Å². The van der Waals surface area contributed by atoms with Crippen molar-refractivity contribution >= 4 is 11.8 Å². The number of Topliss-reactive ketones (excluding diaryl/α,β-unsaturated/α-hetero) is 1. The minimum absolute atomic E-state index is 0.247. The molecular weight excluding hydrogens is 256 g/mol. The zero-order chi connectivity index (χ0) is 14.8. The first-order valence-corrected chi connectivity index (χ1v) is 6.98. The highest BCUT2D eigenvalue weighted by Gasteiger charge is 2.10. The van der Waals surface area contributed by atoms with Crippen LogP contribution in [0.5, 0.6) is 0 Å². The van der Waals surface area contributed by atoms with Crippen molar-refractivity contribution in [3.05, 3.63) is 30.1 Å². The molecule has 0 aliphatic heterocycles. The molecule has 0 unspecified atom stereocenters. The van der Waals surface area contributed by atoms with Gasteiger partial charge in [0, 0.05) is 25.2 Å². The smallest absolute Gasteiger partial charge is 0.320 e. The summed E-state index contributed by atoms with van der Waals surface area (Å²) in [4.78, 5) is 26.2. The Morgan fingerprint density at radius 2 is 2.05 bits per heavy atom. The summed E-state index contributed by atoms with van der Waals surface area (Å²) in [5.41, 5.74) is 6.48. The van der Waals surface area contributed by atoms with E-state index in [1.54, 1.807) is 12.4 Å². The summed E-state index contributed by atoms with van der Waals surface area (Å²) >= 11 is 0. The van der Waals surface area contributed by atoms with Crippen LogP contribution in [0.25, 0.3) is 0 Å². The second-order valence-electron chi connectivity index (χ2n) is 4.94. The molecule has 20 heavy (non-hydrogen) atoms. The Balaban J connectivity index is 2.05. The van der Waals surface area contributed by atoms with Gasteiger partial charge in [-0.2, -0.15) is 0 Å². The van der Waals surface area contributed by atoms with Crippen LogP contribution in [0, 0.1) is 0 Å². The van der Waals surface area contributed by atoms with Crippen LogP contribution in [-0.2, 0) is 16.0 Å². The lowest BCUT2D eigenvalue weighted by atomic mass is 10.0. The average Bonchev–Trinajstić information content (AvgIpc) is 2.45. The van der Waals surface area contributed by atoms with E-state index in [0.29, 0.717) is 19.3 Å². The second-order valence-corrected chi connectivity index (χ2v) is 4.94. The predicted molar refractivity (Wildman–Crippen MR) is 76.3 cm³/mol. The summed E-state index contributed by atoms with van der Waals surface area (Å²) in [7, 11) is 0. The number of carbonyl (C=O) groups excluding carboxylic acids is 1. The summed E-state index contributed by atoms with van der Waals surface area (Å²) in [6, 6.07) is 3.05. The van der Waals surface area contributed by atoms with E-state index >= 15 is 0 Å². The van der Waals surface area contributed by atoms with Crippen LogP contribution in [0.3, 0.4) is 0 Å². The summed E-state index contributed by atoms with van der Waals surface area (Å²) in [6.45, 7) is 0. The van der Waals surface area contributed by atoms with E-state index in [1.165, 1.54) is 0 Å². The molecule has 0 aliphatic carbocycles. The van der Waals surface area contributed by atoms with Crippen molar-refractivity contribution in [2.75, 3.05) is 0 Å². The first-order valence-electron chi connectivity index (χ1n) is 6.98. The number of nitrogens with two attached hydrogens (primary N) is 1. The van der Waals surface area contributed by atoms with Crippen LogP contribution in [0.2, 0.25) is 0 Å². The number of hydrogen-bond acceptors (Lipinski definition) is 4. The number of aliphatic carboxylic acids is 1. The van der Waals surface area contributed by atoms with Crippen molar-refractivity contribution in [3.63, 3.8) is 0 Å². The minimum Gasteiger partial charge on any atom is -0.480 e. The third-order valence-electron chi connectivity index (χ3n) is 3.20. The maximum atomic E-state index is 11.7. The molecule has 0 fully saturated rings. The van der Waals surface area contributed by atoms with E-state index in [1.807, 2.05) is 12.1 Å². The van der Waals surface area contributed by atoms with E-state index < -0.39 is 12.0 Å². The lowest BCUT2D eigenvalue weighted by Gasteiger charge is -2.05. The third-order valence-corrected chi connectivity index (χ3v) is 3.20. The second kappa shape index (κ2) is 9.20. The van der Waals surface area contributed by atoms with Gasteiger partial charge >= 0.3 is 5.97 Å². The van der Waals surface area contributed by atoms with Gasteiger partial charge in [-0.3, -0.25) is 14.6 Å². The number of unbranched alkanes of at least 4 members (excludes halogenated alkanes) is 2. The van der Waals surface area contributed by atoms with Crippen LogP contribution in [-0.4, -0.2) is 27.9 Å². The fraction of sp³-hybridized carbons (Fsp3) is 0.533. The van der Waals surface area contributed by atoms with Gasteiger partial charge in [0.25, 0.3) is 0 Å². The topological polar surface area (TPSA) is 93.3 Å². The highest BCUT2D eigenvalue weighted by Crippen LogP contribution is 2.08. The molecule has 1 aromatic rings. The monoisotopic (exact) mass is 278 g/mol. The summed E-state index contributed by atoms with van der Waals surface area (Å²) in [5, 5.41) is 8.62. The Labute approximate surface area is 119 Å². The zero-order valence-corrected chi connectivity index (χ0v) is 11.6. The van der Waals surface area contributed by atoms with E-state index in [0.717, 1.165) is 31.2 Å². The Hall–Kier alpha value is -1.75. The first-order chi connectivity index (χ1) is 9.59. The molecule has 0 aromatic carbocycles. The van der Waals surface area contributed by atoms with E-state index in [2.05, 4.69) is 4.98 Å². The minimum atomic E-state index is -0.961.